The lowest BCUT2D eigenvalue weighted by Gasteiger charge is -2.15. The molecule has 0 spiro atoms. The number of hydrogen-bond acceptors (Lipinski definition) is 3. The molecular weight excluding hydrogens is 302 g/mol. The molecule has 0 bridgehead atoms. The van der Waals surface area contributed by atoms with Gasteiger partial charge in [0.2, 0.25) is 0 Å². The monoisotopic (exact) mass is 320 g/mol. The highest BCUT2D eigenvalue weighted by Crippen LogP contribution is 2.21. The minimum Gasteiger partial charge on any atom is -0.487 e. The first-order valence-electron chi connectivity index (χ1n) is 7.32. The Morgan fingerprint density at radius 1 is 1.04 bits per heavy atom. The molecule has 3 nitrogen and oxygen atoms in total. The molecule has 23 heavy (non-hydrogen) atoms. The molecule has 0 radical (unpaired) electrons. The van der Waals surface area contributed by atoms with Crippen LogP contribution in [-0.2, 0) is 11.3 Å². The fourth-order valence-electron chi connectivity index (χ4n) is 1.78. The lowest BCUT2D eigenvalue weighted by molar-refractivity contribution is -0.0436. The highest BCUT2D eigenvalue weighted by molar-refractivity contribution is 5.89. The van der Waals surface area contributed by atoms with Crippen molar-refractivity contribution in [2.75, 3.05) is 6.61 Å². The predicted molar refractivity (Wildman–Crippen MR) is 82.7 cm³/mol. The maximum absolute atomic E-state index is 13.1. The van der Waals surface area contributed by atoms with Crippen molar-refractivity contribution in [2.45, 2.75) is 25.9 Å². The van der Waals surface area contributed by atoms with Crippen LogP contribution >= 0.6 is 0 Å². The molecule has 0 saturated carbocycles. The van der Waals surface area contributed by atoms with E-state index in [0.29, 0.717) is 5.56 Å². The summed E-state index contributed by atoms with van der Waals surface area (Å²) >= 11 is 0. The van der Waals surface area contributed by atoms with Crippen LogP contribution in [0.2, 0.25) is 0 Å². The zero-order valence-electron chi connectivity index (χ0n) is 12.8. The van der Waals surface area contributed by atoms with Crippen LogP contribution in [0.1, 0.15) is 29.3 Å². The molecule has 0 aliphatic carbocycles. The van der Waals surface area contributed by atoms with E-state index < -0.39 is 18.5 Å². The molecule has 0 atom stereocenters. The van der Waals surface area contributed by atoms with Gasteiger partial charge in [-0.3, -0.25) is 0 Å². The summed E-state index contributed by atoms with van der Waals surface area (Å²) in [4.78, 5) is 11.9. The van der Waals surface area contributed by atoms with Gasteiger partial charge < -0.3 is 9.47 Å². The van der Waals surface area contributed by atoms with Crippen molar-refractivity contribution in [1.82, 2.24) is 0 Å². The van der Waals surface area contributed by atoms with Gasteiger partial charge in [0.15, 0.2) is 6.61 Å². The lowest BCUT2D eigenvalue weighted by atomic mass is 10.2. The molecule has 0 aliphatic rings. The summed E-state index contributed by atoms with van der Waals surface area (Å²) in [7, 11) is 0. The second-order valence-electron chi connectivity index (χ2n) is 5.08. The van der Waals surface area contributed by atoms with Crippen molar-refractivity contribution < 1.29 is 23.0 Å². The number of ether oxygens (including phenoxy) is 2. The Kier molecular flexibility index (Phi) is 5.68. The largest absolute Gasteiger partial charge is 0.487 e. The molecule has 2 aromatic carbocycles. The third-order valence-corrected chi connectivity index (χ3v) is 3.27. The van der Waals surface area contributed by atoms with Gasteiger partial charge in [-0.25, -0.2) is 13.6 Å². The van der Waals surface area contributed by atoms with Crippen LogP contribution in [0.25, 0.3) is 0 Å². The highest BCUT2D eigenvalue weighted by Gasteiger charge is 2.27. The summed E-state index contributed by atoms with van der Waals surface area (Å²) in [5, 5.41) is 0. The molecule has 0 aliphatic heterocycles. The van der Waals surface area contributed by atoms with E-state index in [1.54, 1.807) is 0 Å². The Labute approximate surface area is 133 Å². The van der Waals surface area contributed by atoms with Crippen LogP contribution in [0, 0.1) is 0 Å². The number of carbonyl (C=O) groups is 1. The first-order valence-corrected chi connectivity index (χ1v) is 7.32. The van der Waals surface area contributed by atoms with Gasteiger partial charge in [-0.05, 0) is 29.8 Å². The van der Waals surface area contributed by atoms with E-state index in [1.807, 2.05) is 30.3 Å². The third-order valence-electron chi connectivity index (χ3n) is 3.27. The normalized spacial score (nSPS) is 11.1. The fraction of sp³-hybridized carbons (Fsp3) is 0.278. The molecule has 122 valence electrons. The van der Waals surface area contributed by atoms with E-state index in [9.17, 15) is 13.6 Å². The minimum atomic E-state index is -2.85. The Balaban J connectivity index is 1.87. The van der Waals surface area contributed by atoms with Crippen molar-refractivity contribution in [1.29, 1.82) is 0 Å². The van der Waals surface area contributed by atoms with E-state index in [2.05, 4.69) is 0 Å². The van der Waals surface area contributed by atoms with E-state index >= 15 is 0 Å². The zero-order valence-corrected chi connectivity index (χ0v) is 12.8. The van der Waals surface area contributed by atoms with Crippen LogP contribution in [0.4, 0.5) is 8.78 Å². The smallest absolute Gasteiger partial charge is 0.338 e. The second kappa shape index (κ2) is 7.72. The molecule has 5 heteroatoms. The molecular formula is C18H18F2O3. The van der Waals surface area contributed by atoms with Gasteiger partial charge in [-0.1, -0.05) is 37.3 Å². The molecule has 2 rings (SSSR count). The molecule has 0 fully saturated rings. The van der Waals surface area contributed by atoms with Crippen LogP contribution < -0.4 is 4.74 Å². The third kappa shape index (κ3) is 5.36. The molecule has 2 aromatic rings. The SMILES string of the molecule is CCC(F)(F)COc1ccc(C(=O)OCc2ccccc2)cc1. The molecule has 0 unspecified atom stereocenters. The van der Waals surface area contributed by atoms with Gasteiger partial charge in [0, 0.05) is 6.42 Å². The maximum atomic E-state index is 13.1. The zero-order chi connectivity index (χ0) is 16.7. The minimum absolute atomic E-state index is 0.181. The lowest BCUT2D eigenvalue weighted by Crippen LogP contribution is -2.24. The average Bonchev–Trinajstić information content (AvgIpc) is 2.59. The summed E-state index contributed by atoms with van der Waals surface area (Å²) in [6.07, 6.45) is -0.281. The topological polar surface area (TPSA) is 35.5 Å². The van der Waals surface area contributed by atoms with Gasteiger partial charge in [-0.15, -0.1) is 0 Å². The van der Waals surface area contributed by atoms with Crippen molar-refractivity contribution >= 4 is 5.97 Å². The summed E-state index contributed by atoms with van der Waals surface area (Å²) < 4.78 is 36.4. The van der Waals surface area contributed by atoms with Gasteiger partial charge in [-0.2, -0.15) is 0 Å². The van der Waals surface area contributed by atoms with E-state index in [1.165, 1.54) is 31.2 Å². The number of benzene rings is 2. The van der Waals surface area contributed by atoms with E-state index in [4.69, 9.17) is 9.47 Å². The van der Waals surface area contributed by atoms with Gasteiger partial charge >= 0.3 is 5.97 Å². The Morgan fingerprint density at radius 3 is 2.30 bits per heavy atom. The second-order valence-corrected chi connectivity index (χ2v) is 5.08. The van der Waals surface area contributed by atoms with E-state index in [0.717, 1.165) is 5.56 Å². The highest BCUT2D eigenvalue weighted by atomic mass is 19.3. The average molecular weight is 320 g/mol. The number of esters is 1. The van der Waals surface area contributed by atoms with Crippen LogP contribution in [0.3, 0.4) is 0 Å². The molecule has 0 aromatic heterocycles. The number of carbonyl (C=O) groups excluding carboxylic acids is 1. The van der Waals surface area contributed by atoms with Crippen LogP contribution in [-0.4, -0.2) is 18.5 Å². The summed E-state index contributed by atoms with van der Waals surface area (Å²) in [6, 6.07) is 15.3. The molecule has 0 amide bonds. The van der Waals surface area contributed by atoms with Gasteiger partial charge in [0.1, 0.15) is 12.4 Å². The Bertz CT molecular complexity index is 624. The number of halogens is 2. The van der Waals surface area contributed by atoms with Crippen LogP contribution in [0.5, 0.6) is 5.75 Å². The standard InChI is InChI=1S/C18H18F2O3/c1-2-18(19,20)13-23-16-10-8-15(9-11-16)17(21)22-12-14-6-4-3-5-7-14/h3-11H,2,12-13H2,1H3. The van der Waals surface area contributed by atoms with Crippen molar-refractivity contribution in [2.24, 2.45) is 0 Å². The number of hydrogen-bond donors (Lipinski definition) is 0. The molecule has 0 heterocycles. The Hall–Kier alpha value is -2.43. The molecule has 0 N–H and O–H groups in total. The summed E-state index contributed by atoms with van der Waals surface area (Å²) in [5.41, 5.74) is 1.23. The van der Waals surface area contributed by atoms with Gasteiger partial charge in [0.25, 0.3) is 5.92 Å². The van der Waals surface area contributed by atoms with Crippen molar-refractivity contribution in [3.05, 3.63) is 65.7 Å². The van der Waals surface area contributed by atoms with Crippen molar-refractivity contribution in [3.8, 4) is 5.75 Å². The van der Waals surface area contributed by atoms with Gasteiger partial charge in [0.05, 0.1) is 5.56 Å². The van der Waals surface area contributed by atoms with Crippen molar-refractivity contribution in [3.63, 3.8) is 0 Å². The number of alkyl halides is 2. The summed E-state index contributed by atoms with van der Waals surface area (Å²) in [6.45, 7) is 0.900. The first kappa shape index (κ1) is 16.9. The maximum Gasteiger partial charge on any atom is 0.338 e. The molecule has 0 saturated heterocycles. The van der Waals surface area contributed by atoms with E-state index in [-0.39, 0.29) is 18.8 Å². The van der Waals surface area contributed by atoms with Crippen LogP contribution in [0.15, 0.2) is 54.6 Å². The first-order chi connectivity index (χ1) is 11.0. The summed E-state index contributed by atoms with van der Waals surface area (Å²) in [5.74, 6) is -3.04. The Morgan fingerprint density at radius 2 is 1.70 bits per heavy atom. The predicted octanol–water partition coefficient (Wildman–Crippen LogP) is 4.47. The quantitative estimate of drug-likeness (QED) is 0.706. The fourth-order valence-corrected chi connectivity index (χ4v) is 1.78. The number of rotatable bonds is 7.